The van der Waals surface area contributed by atoms with Crippen LogP contribution in [0.15, 0.2) is 18.2 Å². The molecule has 1 aromatic carbocycles. The molecule has 0 spiro atoms. The molecule has 1 atom stereocenters. The van der Waals surface area contributed by atoms with Crippen molar-refractivity contribution in [1.82, 2.24) is 0 Å². The Labute approximate surface area is 120 Å². The first kappa shape index (κ1) is 13.7. The van der Waals surface area contributed by atoms with E-state index in [4.69, 9.17) is 4.74 Å². The molecule has 3 rings (SSSR count). The van der Waals surface area contributed by atoms with Crippen molar-refractivity contribution in [3.8, 4) is 0 Å². The molecule has 2 aliphatic rings. The molecule has 1 aromatic rings. The van der Waals surface area contributed by atoms with E-state index in [9.17, 15) is 4.39 Å². The van der Waals surface area contributed by atoms with E-state index in [0.29, 0.717) is 6.04 Å². The maximum atomic E-state index is 14.2. The van der Waals surface area contributed by atoms with Crippen molar-refractivity contribution in [2.75, 3.05) is 36.5 Å². The predicted octanol–water partition coefficient (Wildman–Crippen LogP) is 3.41. The van der Waals surface area contributed by atoms with Gasteiger partial charge in [-0.2, -0.15) is 0 Å². The van der Waals surface area contributed by atoms with E-state index in [2.05, 4.69) is 10.2 Å². The number of benzene rings is 1. The van der Waals surface area contributed by atoms with Gasteiger partial charge in [-0.15, -0.1) is 0 Å². The average Bonchev–Trinajstić information content (AvgIpc) is 2.85. The van der Waals surface area contributed by atoms with Crippen molar-refractivity contribution in [2.45, 2.75) is 38.1 Å². The molecule has 3 nitrogen and oxygen atoms in total. The summed E-state index contributed by atoms with van der Waals surface area (Å²) in [6.07, 6.45) is 5.50. The Balaban J connectivity index is 1.66. The highest BCUT2D eigenvalue weighted by molar-refractivity contribution is 5.57. The summed E-state index contributed by atoms with van der Waals surface area (Å²) in [4.78, 5) is 2.14. The van der Waals surface area contributed by atoms with Crippen LogP contribution in [0.2, 0.25) is 0 Å². The van der Waals surface area contributed by atoms with Crippen molar-refractivity contribution in [2.24, 2.45) is 0 Å². The molecule has 0 aromatic heterocycles. The van der Waals surface area contributed by atoms with Gasteiger partial charge in [0.15, 0.2) is 0 Å². The Hall–Kier alpha value is -1.29. The third kappa shape index (κ3) is 3.23. The minimum atomic E-state index is -0.109. The molecule has 0 bridgehead atoms. The van der Waals surface area contributed by atoms with Crippen LogP contribution in [0.5, 0.6) is 0 Å². The van der Waals surface area contributed by atoms with Gasteiger partial charge < -0.3 is 15.0 Å². The minimum Gasteiger partial charge on any atom is -0.382 e. The third-order valence-corrected chi connectivity index (χ3v) is 4.22. The van der Waals surface area contributed by atoms with Crippen LogP contribution in [0.1, 0.15) is 32.1 Å². The zero-order valence-electron chi connectivity index (χ0n) is 11.9. The topological polar surface area (TPSA) is 24.5 Å². The molecule has 2 aliphatic heterocycles. The summed E-state index contributed by atoms with van der Waals surface area (Å²) in [5, 5.41) is 3.44. The summed E-state index contributed by atoms with van der Waals surface area (Å²) in [7, 11) is 0. The third-order valence-electron chi connectivity index (χ3n) is 4.22. The van der Waals surface area contributed by atoms with Gasteiger partial charge in [0, 0.05) is 38.0 Å². The van der Waals surface area contributed by atoms with Crippen LogP contribution in [0, 0.1) is 5.82 Å². The van der Waals surface area contributed by atoms with Gasteiger partial charge >= 0.3 is 0 Å². The van der Waals surface area contributed by atoms with Crippen LogP contribution in [0.4, 0.5) is 15.8 Å². The predicted molar refractivity (Wildman–Crippen MR) is 79.9 cm³/mol. The minimum absolute atomic E-state index is 0.109. The van der Waals surface area contributed by atoms with Gasteiger partial charge in [0.2, 0.25) is 0 Å². The fourth-order valence-electron chi connectivity index (χ4n) is 3.10. The quantitative estimate of drug-likeness (QED) is 0.917. The number of halogens is 1. The largest absolute Gasteiger partial charge is 0.382 e. The smallest absolute Gasteiger partial charge is 0.148 e. The number of ether oxygens (including phenoxy) is 1. The van der Waals surface area contributed by atoms with Crippen LogP contribution >= 0.6 is 0 Å². The van der Waals surface area contributed by atoms with Crippen molar-refractivity contribution >= 4 is 11.4 Å². The highest BCUT2D eigenvalue weighted by atomic mass is 19.1. The first-order valence-corrected chi connectivity index (χ1v) is 7.72. The summed E-state index contributed by atoms with van der Waals surface area (Å²) in [5.41, 5.74) is 1.63. The zero-order chi connectivity index (χ0) is 13.8. The van der Waals surface area contributed by atoms with Crippen molar-refractivity contribution in [3.63, 3.8) is 0 Å². The highest BCUT2D eigenvalue weighted by Crippen LogP contribution is 2.27. The molecule has 20 heavy (non-hydrogen) atoms. The van der Waals surface area contributed by atoms with E-state index in [1.807, 2.05) is 12.1 Å². The van der Waals surface area contributed by atoms with Gasteiger partial charge in [-0.1, -0.05) is 0 Å². The number of hydrogen-bond acceptors (Lipinski definition) is 3. The molecule has 1 unspecified atom stereocenters. The lowest BCUT2D eigenvalue weighted by Crippen LogP contribution is -2.21. The Bertz CT molecular complexity index is 438. The van der Waals surface area contributed by atoms with Crippen LogP contribution < -0.4 is 10.2 Å². The molecule has 1 N–H and O–H groups in total. The number of anilines is 2. The SMILES string of the molecule is Fc1cc(NC2CCCOCC2)ccc1N1CCCC1. The summed E-state index contributed by atoms with van der Waals surface area (Å²) < 4.78 is 19.7. The second-order valence-electron chi connectivity index (χ2n) is 5.74. The average molecular weight is 278 g/mol. The van der Waals surface area contributed by atoms with Gasteiger partial charge in [0.25, 0.3) is 0 Å². The van der Waals surface area contributed by atoms with Gasteiger partial charge in [-0.3, -0.25) is 0 Å². The monoisotopic (exact) mass is 278 g/mol. The van der Waals surface area contributed by atoms with E-state index in [1.165, 1.54) is 12.8 Å². The molecule has 110 valence electrons. The van der Waals surface area contributed by atoms with Gasteiger partial charge in [0.1, 0.15) is 5.82 Å². The van der Waals surface area contributed by atoms with E-state index in [-0.39, 0.29) is 5.82 Å². The van der Waals surface area contributed by atoms with Crippen LogP contribution in [-0.2, 0) is 4.74 Å². The van der Waals surface area contributed by atoms with Gasteiger partial charge in [-0.25, -0.2) is 4.39 Å². The molecular weight excluding hydrogens is 255 g/mol. The fourth-order valence-corrected chi connectivity index (χ4v) is 3.10. The molecule has 2 heterocycles. The Kier molecular flexibility index (Phi) is 4.41. The first-order valence-electron chi connectivity index (χ1n) is 7.72. The first-order chi connectivity index (χ1) is 9.83. The molecule has 0 aliphatic carbocycles. The Morgan fingerprint density at radius 2 is 1.95 bits per heavy atom. The van der Waals surface area contributed by atoms with Crippen LogP contribution in [-0.4, -0.2) is 32.3 Å². The number of hydrogen-bond donors (Lipinski definition) is 1. The number of nitrogens with zero attached hydrogens (tertiary/aromatic N) is 1. The van der Waals surface area contributed by atoms with Crippen molar-refractivity contribution in [3.05, 3.63) is 24.0 Å². The second kappa shape index (κ2) is 6.44. The lowest BCUT2D eigenvalue weighted by atomic mass is 10.1. The molecule has 0 saturated carbocycles. The van der Waals surface area contributed by atoms with Crippen molar-refractivity contribution in [1.29, 1.82) is 0 Å². The summed E-state index contributed by atoms with van der Waals surface area (Å²) in [6.45, 7) is 3.60. The number of rotatable bonds is 3. The van der Waals surface area contributed by atoms with E-state index < -0.39 is 0 Å². The molecule has 4 heteroatoms. The van der Waals surface area contributed by atoms with E-state index in [0.717, 1.165) is 56.9 Å². The molecular formula is C16H23FN2O. The summed E-state index contributed by atoms with van der Waals surface area (Å²) in [5.74, 6) is -0.109. The van der Waals surface area contributed by atoms with E-state index >= 15 is 0 Å². The maximum absolute atomic E-state index is 14.2. The Morgan fingerprint density at radius 3 is 2.75 bits per heavy atom. The molecule has 2 saturated heterocycles. The molecule has 2 fully saturated rings. The fraction of sp³-hybridized carbons (Fsp3) is 0.625. The highest BCUT2D eigenvalue weighted by Gasteiger charge is 2.17. The van der Waals surface area contributed by atoms with Gasteiger partial charge in [0.05, 0.1) is 5.69 Å². The second-order valence-corrected chi connectivity index (χ2v) is 5.74. The van der Waals surface area contributed by atoms with Crippen molar-refractivity contribution < 1.29 is 9.13 Å². The van der Waals surface area contributed by atoms with Gasteiger partial charge in [-0.05, 0) is 50.3 Å². The standard InChI is InChI=1S/C16H23FN2O/c17-15-12-14(18-13-4-3-10-20-11-7-13)5-6-16(15)19-8-1-2-9-19/h5-6,12-13,18H,1-4,7-11H2. The lowest BCUT2D eigenvalue weighted by molar-refractivity contribution is 0.144. The van der Waals surface area contributed by atoms with Crippen LogP contribution in [0.25, 0.3) is 0 Å². The number of nitrogens with one attached hydrogen (secondary N) is 1. The maximum Gasteiger partial charge on any atom is 0.148 e. The summed E-state index contributed by atoms with van der Waals surface area (Å²) in [6, 6.07) is 5.95. The summed E-state index contributed by atoms with van der Waals surface area (Å²) >= 11 is 0. The lowest BCUT2D eigenvalue weighted by Gasteiger charge is -2.21. The van der Waals surface area contributed by atoms with Crippen LogP contribution in [0.3, 0.4) is 0 Å². The molecule has 0 radical (unpaired) electrons. The zero-order valence-corrected chi connectivity index (χ0v) is 11.9. The van der Waals surface area contributed by atoms with E-state index in [1.54, 1.807) is 6.07 Å². The normalized spacial score (nSPS) is 23.6. The Morgan fingerprint density at radius 1 is 1.10 bits per heavy atom. The molecule has 0 amide bonds.